The second-order valence-electron chi connectivity index (χ2n) is 10.4. The molecule has 1 saturated carbocycles. The maximum atomic E-state index is 2.57. The molecular weight excluding hydrogens is 360 g/mol. The summed E-state index contributed by atoms with van der Waals surface area (Å²) < 4.78 is 0. The molecule has 0 N–H and O–H groups in total. The highest BCUT2D eigenvalue weighted by molar-refractivity contribution is 5.66. The number of unbranched alkanes of at least 4 members (excludes halogenated alkanes) is 7. The molecule has 3 rings (SSSR count). The third kappa shape index (κ3) is 7.58. The number of hydrogen-bond acceptors (Lipinski definition) is 0. The van der Waals surface area contributed by atoms with Crippen molar-refractivity contribution in [1.29, 1.82) is 0 Å². The van der Waals surface area contributed by atoms with Gasteiger partial charge in [-0.2, -0.15) is 0 Å². The van der Waals surface area contributed by atoms with Crippen LogP contribution >= 0.6 is 0 Å². The highest BCUT2D eigenvalue weighted by Gasteiger charge is 2.21. The zero-order chi connectivity index (χ0) is 21.0. The average molecular weight is 409 g/mol. The Bertz CT molecular complexity index is 599. The average Bonchev–Trinajstić information content (AvgIpc) is 2.81. The molecule has 0 heteroatoms. The Morgan fingerprint density at radius 1 is 0.700 bits per heavy atom. The van der Waals surface area contributed by atoms with E-state index < -0.39 is 0 Å². The predicted molar refractivity (Wildman–Crippen MR) is 134 cm³/mol. The van der Waals surface area contributed by atoms with Crippen LogP contribution in [0.3, 0.4) is 0 Å². The molecule has 0 amide bonds. The Morgan fingerprint density at radius 3 is 1.97 bits per heavy atom. The first-order valence-electron chi connectivity index (χ1n) is 13.6. The van der Waals surface area contributed by atoms with Gasteiger partial charge in [0, 0.05) is 0 Å². The van der Waals surface area contributed by atoms with Gasteiger partial charge in [-0.3, -0.25) is 0 Å². The van der Waals surface area contributed by atoms with E-state index in [9.17, 15) is 0 Å². The third-order valence-electron chi connectivity index (χ3n) is 8.16. The van der Waals surface area contributed by atoms with Gasteiger partial charge in [-0.05, 0) is 79.4 Å². The summed E-state index contributed by atoms with van der Waals surface area (Å²) >= 11 is 0. The smallest absolute Gasteiger partial charge is 0.0162 e. The van der Waals surface area contributed by atoms with Crippen molar-refractivity contribution in [2.24, 2.45) is 11.8 Å². The van der Waals surface area contributed by atoms with Crippen molar-refractivity contribution >= 4 is 5.57 Å². The highest BCUT2D eigenvalue weighted by Crippen LogP contribution is 2.38. The van der Waals surface area contributed by atoms with E-state index in [0.717, 1.165) is 17.8 Å². The molecule has 2 aliphatic rings. The molecule has 1 fully saturated rings. The molecule has 1 atom stereocenters. The van der Waals surface area contributed by atoms with Crippen LogP contribution in [0, 0.1) is 11.8 Å². The van der Waals surface area contributed by atoms with Crippen molar-refractivity contribution in [3.8, 4) is 0 Å². The molecular formula is C30H48. The van der Waals surface area contributed by atoms with Crippen LogP contribution in [-0.2, 0) is 0 Å². The van der Waals surface area contributed by atoms with Gasteiger partial charge in [0.2, 0.25) is 0 Å². The lowest BCUT2D eigenvalue weighted by Gasteiger charge is -2.28. The summed E-state index contributed by atoms with van der Waals surface area (Å²) in [5.74, 6) is 2.76. The van der Waals surface area contributed by atoms with Gasteiger partial charge in [-0.15, -0.1) is 0 Å². The molecule has 1 aromatic rings. The first-order valence-corrected chi connectivity index (χ1v) is 13.6. The van der Waals surface area contributed by atoms with E-state index >= 15 is 0 Å². The van der Waals surface area contributed by atoms with Crippen LogP contribution in [0.15, 0.2) is 30.3 Å². The summed E-state index contributed by atoms with van der Waals surface area (Å²) in [5.41, 5.74) is 4.70. The minimum atomic E-state index is 0.818. The lowest BCUT2D eigenvalue weighted by atomic mass is 9.77. The molecule has 168 valence electrons. The highest BCUT2D eigenvalue weighted by atomic mass is 14.3. The minimum Gasteiger partial charge on any atom is -0.0804 e. The van der Waals surface area contributed by atoms with Crippen LogP contribution in [0.5, 0.6) is 0 Å². The van der Waals surface area contributed by atoms with E-state index in [-0.39, 0.29) is 0 Å². The van der Waals surface area contributed by atoms with Crippen LogP contribution in [0.1, 0.15) is 140 Å². The van der Waals surface area contributed by atoms with E-state index in [4.69, 9.17) is 0 Å². The number of allylic oxidation sites excluding steroid dienone is 2. The molecule has 0 spiro atoms. The Hall–Kier alpha value is -1.04. The number of benzene rings is 1. The Kier molecular flexibility index (Phi) is 10.5. The van der Waals surface area contributed by atoms with Gasteiger partial charge in [0.25, 0.3) is 0 Å². The molecule has 0 saturated heterocycles. The van der Waals surface area contributed by atoms with Crippen LogP contribution in [0.25, 0.3) is 5.57 Å². The summed E-state index contributed by atoms with van der Waals surface area (Å²) in [6.45, 7) is 4.66. The molecule has 0 bridgehead atoms. The van der Waals surface area contributed by atoms with Crippen LogP contribution in [-0.4, -0.2) is 0 Å². The molecule has 0 aromatic heterocycles. The molecule has 0 radical (unpaired) electrons. The summed E-state index contributed by atoms with van der Waals surface area (Å²) in [7, 11) is 0. The van der Waals surface area contributed by atoms with E-state index in [1.807, 2.05) is 0 Å². The fourth-order valence-electron chi connectivity index (χ4n) is 5.85. The third-order valence-corrected chi connectivity index (χ3v) is 8.16. The van der Waals surface area contributed by atoms with Crippen molar-refractivity contribution in [1.82, 2.24) is 0 Å². The summed E-state index contributed by atoms with van der Waals surface area (Å²) in [4.78, 5) is 0. The standard InChI is InChI=1S/C30H48/c1-3-5-6-7-8-9-10-11-12-26-15-19-28(20-16-26)30-23-21-29(22-24-30)27-17-13-25(4-2)14-18-27/h19,21-27H,3-18,20H2,1-2H3/t25-,26?,27-. The van der Waals surface area contributed by atoms with Crippen LogP contribution in [0.2, 0.25) is 0 Å². The zero-order valence-corrected chi connectivity index (χ0v) is 20.1. The minimum absolute atomic E-state index is 0.818. The summed E-state index contributed by atoms with van der Waals surface area (Å²) in [6.07, 6.45) is 26.6. The van der Waals surface area contributed by atoms with Crippen molar-refractivity contribution < 1.29 is 0 Å². The SMILES string of the molecule is CCCCCCCCCCC1CC=C(c2ccc([C@H]3CC[C@H](CC)CC3)cc2)CC1. The monoisotopic (exact) mass is 408 g/mol. The van der Waals surface area contributed by atoms with Gasteiger partial charge in [0.1, 0.15) is 0 Å². The Labute approximate surface area is 187 Å². The first-order chi connectivity index (χ1) is 14.8. The molecule has 1 aromatic carbocycles. The first kappa shape index (κ1) is 23.6. The Balaban J connectivity index is 1.35. The largest absolute Gasteiger partial charge is 0.0804 e. The van der Waals surface area contributed by atoms with Crippen LogP contribution in [0.4, 0.5) is 0 Å². The van der Waals surface area contributed by atoms with Gasteiger partial charge in [-0.1, -0.05) is 108 Å². The number of rotatable bonds is 12. The quantitative estimate of drug-likeness (QED) is 0.302. The lowest BCUT2D eigenvalue weighted by Crippen LogP contribution is -2.12. The Morgan fingerprint density at radius 2 is 1.37 bits per heavy atom. The number of hydrogen-bond donors (Lipinski definition) is 0. The van der Waals surface area contributed by atoms with E-state index in [1.165, 1.54) is 115 Å². The van der Waals surface area contributed by atoms with Crippen molar-refractivity contribution in [2.75, 3.05) is 0 Å². The second kappa shape index (κ2) is 13.4. The van der Waals surface area contributed by atoms with Crippen molar-refractivity contribution in [3.05, 3.63) is 41.5 Å². The normalized spacial score (nSPS) is 24.6. The fourth-order valence-corrected chi connectivity index (χ4v) is 5.85. The fraction of sp³-hybridized carbons (Fsp3) is 0.733. The van der Waals surface area contributed by atoms with Crippen molar-refractivity contribution in [2.45, 2.75) is 129 Å². The van der Waals surface area contributed by atoms with Gasteiger partial charge in [-0.25, -0.2) is 0 Å². The molecule has 30 heavy (non-hydrogen) atoms. The maximum Gasteiger partial charge on any atom is -0.0162 e. The van der Waals surface area contributed by atoms with Gasteiger partial charge in [0.15, 0.2) is 0 Å². The topological polar surface area (TPSA) is 0 Å². The lowest BCUT2D eigenvalue weighted by molar-refractivity contribution is 0.319. The summed E-state index contributed by atoms with van der Waals surface area (Å²) in [6, 6.07) is 9.73. The van der Waals surface area contributed by atoms with Crippen LogP contribution < -0.4 is 0 Å². The summed E-state index contributed by atoms with van der Waals surface area (Å²) in [5, 5.41) is 0. The van der Waals surface area contributed by atoms with E-state index in [1.54, 1.807) is 11.1 Å². The molecule has 2 aliphatic carbocycles. The van der Waals surface area contributed by atoms with Gasteiger partial charge in [0.05, 0.1) is 0 Å². The van der Waals surface area contributed by atoms with Crippen molar-refractivity contribution in [3.63, 3.8) is 0 Å². The van der Waals surface area contributed by atoms with E-state index in [0.29, 0.717) is 0 Å². The van der Waals surface area contributed by atoms with E-state index in [2.05, 4.69) is 44.2 Å². The maximum absolute atomic E-state index is 2.57. The van der Waals surface area contributed by atoms with Gasteiger partial charge < -0.3 is 0 Å². The molecule has 0 aliphatic heterocycles. The zero-order valence-electron chi connectivity index (χ0n) is 20.1. The van der Waals surface area contributed by atoms with Gasteiger partial charge >= 0.3 is 0 Å². The molecule has 1 unspecified atom stereocenters. The second-order valence-corrected chi connectivity index (χ2v) is 10.4. The molecule has 0 heterocycles. The molecule has 0 nitrogen and oxygen atoms in total. The predicted octanol–water partition coefficient (Wildman–Crippen LogP) is 10.1.